The van der Waals surface area contributed by atoms with Crippen LogP contribution in [0.25, 0.3) is 0 Å². The summed E-state index contributed by atoms with van der Waals surface area (Å²) >= 11 is 0. The second-order valence-electron chi connectivity index (χ2n) is 5.04. The maximum atomic E-state index is 12.0. The van der Waals surface area contributed by atoms with Gasteiger partial charge in [-0.25, -0.2) is 0 Å². The Kier molecular flexibility index (Phi) is 6.03. The van der Waals surface area contributed by atoms with E-state index < -0.39 is 0 Å². The van der Waals surface area contributed by atoms with Gasteiger partial charge in [0.25, 0.3) is 0 Å². The minimum absolute atomic E-state index is 0.0900. The van der Waals surface area contributed by atoms with E-state index in [1.807, 2.05) is 4.90 Å². The van der Waals surface area contributed by atoms with E-state index in [0.29, 0.717) is 32.8 Å². The standard InChI is InChI=1S/C13H24N2O4/c16-10-12-11-19-9-4-14(12)3-1-2-13(17)15-5-7-18-8-6-15/h12,16H,1-11H2. The molecule has 2 fully saturated rings. The zero-order valence-electron chi connectivity index (χ0n) is 11.4. The van der Waals surface area contributed by atoms with E-state index in [0.717, 1.165) is 32.6 Å². The summed E-state index contributed by atoms with van der Waals surface area (Å²) in [6.45, 7) is 5.87. The molecule has 6 nitrogen and oxygen atoms in total. The lowest BCUT2D eigenvalue weighted by atomic mass is 10.2. The summed E-state index contributed by atoms with van der Waals surface area (Å²) in [5.74, 6) is 0.220. The molecule has 2 rings (SSSR count). The average Bonchev–Trinajstić information content (AvgIpc) is 2.48. The van der Waals surface area contributed by atoms with Crippen molar-refractivity contribution in [3.63, 3.8) is 0 Å². The van der Waals surface area contributed by atoms with Crippen LogP contribution in [0, 0.1) is 0 Å². The molecule has 1 N–H and O–H groups in total. The Hall–Kier alpha value is -0.690. The molecule has 0 spiro atoms. The van der Waals surface area contributed by atoms with Gasteiger partial charge in [0, 0.05) is 26.1 Å². The first-order valence-electron chi connectivity index (χ1n) is 7.09. The third-order valence-electron chi connectivity index (χ3n) is 3.76. The van der Waals surface area contributed by atoms with Crippen LogP contribution in [0.1, 0.15) is 12.8 Å². The number of aliphatic hydroxyl groups excluding tert-OH is 1. The molecule has 0 aliphatic carbocycles. The third kappa shape index (κ3) is 4.42. The number of hydrogen-bond acceptors (Lipinski definition) is 5. The molecule has 1 unspecified atom stereocenters. The molecule has 0 aromatic carbocycles. The topological polar surface area (TPSA) is 62.2 Å². The number of carbonyl (C=O) groups is 1. The lowest BCUT2D eigenvalue weighted by molar-refractivity contribution is -0.135. The molecule has 2 saturated heterocycles. The van der Waals surface area contributed by atoms with Crippen molar-refractivity contribution < 1.29 is 19.4 Å². The quantitative estimate of drug-likeness (QED) is 0.718. The van der Waals surface area contributed by atoms with Gasteiger partial charge in [-0.05, 0) is 13.0 Å². The molecule has 0 aromatic heterocycles. The molecule has 1 atom stereocenters. The molecule has 0 aromatic rings. The van der Waals surface area contributed by atoms with E-state index in [-0.39, 0.29) is 18.6 Å². The molecule has 19 heavy (non-hydrogen) atoms. The maximum Gasteiger partial charge on any atom is 0.222 e. The predicted molar refractivity (Wildman–Crippen MR) is 69.9 cm³/mol. The average molecular weight is 272 g/mol. The molecule has 0 saturated carbocycles. The smallest absolute Gasteiger partial charge is 0.222 e. The molecule has 2 aliphatic heterocycles. The van der Waals surface area contributed by atoms with E-state index in [9.17, 15) is 9.90 Å². The highest BCUT2D eigenvalue weighted by molar-refractivity contribution is 5.76. The fourth-order valence-corrected chi connectivity index (χ4v) is 2.56. The molecule has 2 heterocycles. The van der Waals surface area contributed by atoms with Gasteiger partial charge in [-0.15, -0.1) is 0 Å². The van der Waals surface area contributed by atoms with E-state index in [1.54, 1.807) is 0 Å². The first-order chi connectivity index (χ1) is 9.31. The Morgan fingerprint density at radius 1 is 1.16 bits per heavy atom. The van der Waals surface area contributed by atoms with Gasteiger partial charge in [-0.1, -0.05) is 0 Å². The Bertz CT molecular complexity index is 282. The van der Waals surface area contributed by atoms with E-state index in [2.05, 4.69) is 4.90 Å². The summed E-state index contributed by atoms with van der Waals surface area (Å²) in [7, 11) is 0. The van der Waals surface area contributed by atoms with Crippen molar-refractivity contribution in [3.8, 4) is 0 Å². The Labute approximate surface area is 114 Å². The van der Waals surface area contributed by atoms with Crippen molar-refractivity contribution in [2.24, 2.45) is 0 Å². The summed E-state index contributed by atoms with van der Waals surface area (Å²) in [5.41, 5.74) is 0. The molecule has 1 amide bonds. The number of amides is 1. The van der Waals surface area contributed by atoms with Crippen LogP contribution in [-0.4, -0.2) is 86.1 Å². The van der Waals surface area contributed by atoms with Crippen molar-refractivity contribution in [1.82, 2.24) is 9.80 Å². The second kappa shape index (κ2) is 7.79. The highest BCUT2D eigenvalue weighted by Gasteiger charge is 2.22. The number of rotatable bonds is 5. The lowest BCUT2D eigenvalue weighted by Crippen LogP contribution is -2.48. The maximum absolute atomic E-state index is 12.0. The number of carbonyl (C=O) groups excluding carboxylic acids is 1. The van der Waals surface area contributed by atoms with Crippen LogP contribution in [0.4, 0.5) is 0 Å². The van der Waals surface area contributed by atoms with Crippen LogP contribution in [0.5, 0.6) is 0 Å². The van der Waals surface area contributed by atoms with E-state index >= 15 is 0 Å². The zero-order chi connectivity index (χ0) is 13.5. The summed E-state index contributed by atoms with van der Waals surface area (Å²) in [6.07, 6.45) is 1.42. The van der Waals surface area contributed by atoms with E-state index in [1.165, 1.54) is 0 Å². The molecule has 2 aliphatic rings. The monoisotopic (exact) mass is 272 g/mol. The molecule has 0 radical (unpaired) electrons. The molecular weight excluding hydrogens is 248 g/mol. The van der Waals surface area contributed by atoms with Crippen LogP contribution >= 0.6 is 0 Å². The minimum Gasteiger partial charge on any atom is -0.395 e. The summed E-state index contributed by atoms with van der Waals surface area (Å²) in [5, 5.41) is 9.26. The van der Waals surface area contributed by atoms with Crippen molar-refractivity contribution >= 4 is 5.91 Å². The SMILES string of the molecule is O=C(CCCN1CCOCC1CO)N1CCOCC1. The fraction of sp³-hybridized carbons (Fsp3) is 0.923. The summed E-state index contributed by atoms with van der Waals surface area (Å²) in [4.78, 5) is 16.1. The highest BCUT2D eigenvalue weighted by atomic mass is 16.5. The van der Waals surface area contributed by atoms with Gasteiger partial charge in [0.2, 0.25) is 5.91 Å². The highest BCUT2D eigenvalue weighted by Crippen LogP contribution is 2.09. The van der Waals surface area contributed by atoms with Gasteiger partial charge in [0.15, 0.2) is 0 Å². The van der Waals surface area contributed by atoms with Crippen molar-refractivity contribution in [3.05, 3.63) is 0 Å². The summed E-state index contributed by atoms with van der Waals surface area (Å²) in [6, 6.07) is 0.0900. The molecule has 0 bridgehead atoms. The van der Waals surface area contributed by atoms with Crippen LogP contribution < -0.4 is 0 Å². The Balaban J connectivity index is 1.65. The van der Waals surface area contributed by atoms with Crippen LogP contribution in [-0.2, 0) is 14.3 Å². The number of hydrogen-bond donors (Lipinski definition) is 1. The Morgan fingerprint density at radius 3 is 2.63 bits per heavy atom. The molecule has 6 heteroatoms. The van der Waals surface area contributed by atoms with Gasteiger partial charge in [-0.3, -0.25) is 9.69 Å². The van der Waals surface area contributed by atoms with Gasteiger partial charge in [0.1, 0.15) is 0 Å². The number of morpholine rings is 2. The van der Waals surface area contributed by atoms with Gasteiger partial charge < -0.3 is 19.5 Å². The minimum atomic E-state index is 0.0900. The van der Waals surface area contributed by atoms with Crippen LogP contribution in [0.3, 0.4) is 0 Å². The first-order valence-corrected chi connectivity index (χ1v) is 7.09. The van der Waals surface area contributed by atoms with Gasteiger partial charge in [-0.2, -0.15) is 0 Å². The largest absolute Gasteiger partial charge is 0.395 e. The van der Waals surface area contributed by atoms with Gasteiger partial charge >= 0.3 is 0 Å². The second-order valence-corrected chi connectivity index (χ2v) is 5.04. The number of aliphatic hydroxyl groups is 1. The van der Waals surface area contributed by atoms with Crippen molar-refractivity contribution in [2.75, 3.05) is 59.2 Å². The lowest BCUT2D eigenvalue weighted by Gasteiger charge is -2.34. The van der Waals surface area contributed by atoms with E-state index in [4.69, 9.17) is 9.47 Å². The van der Waals surface area contributed by atoms with Gasteiger partial charge in [0.05, 0.1) is 39.1 Å². The van der Waals surface area contributed by atoms with Crippen molar-refractivity contribution in [2.45, 2.75) is 18.9 Å². The zero-order valence-corrected chi connectivity index (χ0v) is 11.4. The predicted octanol–water partition coefficient (Wildman–Crippen LogP) is -0.681. The normalized spacial score (nSPS) is 25.5. The summed E-state index contributed by atoms with van der Waals surface area (Å²) < 4.78 is 10.6. The van der Waals surface area contributed by atoms with Crippen LogP contribution in [0.2, 0.25) is 0 Å². The number of nitrogens with zero attached hydrogens (tertiary/aromatic N) is 2. The fourth-order valence-electron chi connectivity index (χ4n) is 2.56. The molecular formula is C13H24N2O4. The third-order valence-corrected chi connectivity index (χ3v) is 3.76. The van der Waals surface area contributed by atoms with Crippen LogP contribution in [0.15, 0.2) is 0 Å². The molecule has 110 valence electrons. The number of ether oxygens (including phenoxy) is 2. The Morgan fingerprint density at radius 2 is 1.89 bits per heavy atom. The first kappa shape index (κ1) is 14.7. The van der Waals surface area contributed by atoms with Crippen molar-refractivity contribution in [1.29, 1.82) is 0 Å².